The number of benzene rings is 1. The summed E-state index contributed by atoms with van der Waals surface area (Å²) < 4.78 is 2.01. The fourth-order valence-electron chi connectivity index (χ4n) is 4.23. The minimum Gasteiger partial charge on any atom is -0.352 e. The Morgan fingerprint density at radius 2 is 2.10 bits per heavy atom. The van der Waals surface area contributed by atoms with Gasteiger partial charge in [-0.3, -0.25) is 14.7 Å². The lowest BCUT2D eigenvalue weighted by atomic mass is 9.97. The Morgan fingerprint density at radius 1 is 1.20 bits per heavy atom. The van der Waals surface area contributed by atoms with E-state index in [0.29, 0.717) is 18.0 Å². The van der Waals surface area contributed by atoms with Crippen molar-refractivity contribution in [2.24, 2.45) is 5.92 Å². The summed E-state index contributed by atoms with van der Waals surface area (Å²) in [4.78, 5) is 18.8. The number of amides is 1. The predicted molar refractivity (Wildman–Crippen MR) is 118 cm³/mol. The highest BCUT2D eigenvalue weighted by Gasteiger charge is 2.21. The molecule has 0 saturated carbocycles. The molecule has 2 aromatic heterocycles. The van der Waals surface area contributed by atoms with Gasteiger partial charge in [0.15, 0.2) is 0 Å². The van der Waals surface area contributed by atoms with Crippen molar-refractivity contribution in [3.63, 3.8) is 0 Å². The minimum absolute atomic E-state index is 0.0437. The van der Waals surface area contributed by atoms with Crippen molar-refractivity contribution in [3.05, 3.63) is 77.4 Å². The molecule has 0 spiro atoms. The molecule has 1 aromatic carbocycles. The van der Waals surface area contributed by atoms with Crippen LogP contribution in [0.1, 0.15) is 40.2 Å². The topological polar surface area (TPSA) is 63.0 Å². The number of rotatable bonds is 6. The molecule has 6 nitrogen and oxygen atoms in total. The van der Waals surface area contributed by atoms with E-state index in [1.165, 1.54) is 5.56 Å². The van der Waals surface area contributed by atoms with Crippen LogP contribution in [0.3, 0.4) is 0 Å². The summed E-state index contributed by atoms with van der Waals surface area (Å²) in [6, 6.07) is 14.3. The summed E-state index contributed by atoms with van der Waals surface area (Å²) in [5, 5.41) is 7.68. The second-order valence-electron chi connectivity index (χ2n) is 8.20. The molecular weight excluding hydrogens is 374 g/mol. The van der Waals surface area contributed by atoms with Crippen LogP contribution < -0.4 is 5.32 Å². The number of nitrogens with one attached hydrogen (secondary N) is 1. The number of pyridine rings is 1. The van der Waals surface area contributed by atoms with Gasteiger partial charge < -0.3 is 5.32 Å². The monoisotopic (exact) mass is 403 g/mol. The SMILES string of the molecule is Cc1cc(C)n(-c2cccc(CN3CCC[C@H](CNC(=O)c4cccnc4)C3)c2)n1. The normalized spacial score (nSPS) is 17.1. The highest BCUT2D eigenvalue weighted by atomic mass is 16.1. The van der Waals surface area contributed by atoms with Crippen LogP contribution in [0.15, 0.2) is 54.9 Å². The molecule has 1 atom stereocenters. The van der Waals surface area contributed by atoms with Gasteiger partial charge in [0.2, 0.25) is 0 Å². The van der Waals surface area contributed by atoms with E-state index in [1.807, 2.05) is 11.6 Å². The predicted octanol–water partition coefficient (Wildman–Crippen LogP) is 3.53. The highest BCUT2D eigenvalue weighted by Crippen LogP contribution is 2.20. The summed E-state index contributed by atoms with van der Waals surface area (Å²) in [6.45, 7) is 7.82. The lowest BCUT2D eigenvalue weighted by Crippen LogP contribution is -2.40. The molecule has 3 heterocycles. The van der Waals surface area contributed by atoms with E-state index in [0.717, 1.165) is 49.6 Å². The number of aryl methyl sites for hydroxylation is 2. The third kappa shape index (κ3) is 4.94. The zero-order valence-corrected chi connectivity index (χ0v) is 17.7. The Labute approximate surface area is 177 Å². The average molecular weight is 404 g/mol. The molecule has 0 aliphatic carbocycles. The van der Waals surface area contributed by atoms with Crippen LogP contribution in [0.25, 0.3) is 5.69 Å². The van der Waals surface area contributed by atoms with Gasteiger partial charge in [-0.1, -0.05) is 12.1 Å². The molecule has 1 N–H and O–H groups in total. The van der Waals surface area contributed by atoms with E-state index >= 15 is 0 Å². The maximum atomic E-state index is 12.3. The van der Waals surface area contributed by atoms with Crippen molar-refractivity contribution < 1.29 is 4.79 Å². The highest BCUT2D eigenvalue weighted by molar-refractivity contribution is 5.93. The third-order valence-electron chi connectivity index (χ3n) is 5.65. The molecule has 3 aromatic rings. The van der Waals surface area contributed by atoms with Crippen molar-refractivity contribution in [1.29, 1.82) is 0 Å². The maximum Gasteiger partial charge on any atom is 0.252 e. The first-order valence-electron chi connectivity index (χ1n) is 10.6. The molecular formula is C24H29N5O. The number of hydrogen-bond donors (Lipinski definition) is 1. The van der Waals surface area contributed by atoms with Gasteiger partial charge in [-0.15, -0.1) is 0 Å². The number of nitrogens with zero attached hydrogens (tertiary/aromatic N) is 4. The van der Waals surface area contributed by atoms with Gasteiger partial charge in [0.1, 0.15) is 0 Å². The molecule has 0 bridgehead atoms. The summed E-state index contributed by atoms with van der Waals surface area (Å²) in [5.41, 5.74) is 5.19. The molecule has 1 fully saturated rings. The smallest absolute Gasteiger partial charge is 0.252 e. The fourth-order valence-corrected chi connectivity index (χ4v) is 4.23. The lowest BCUT2D eigenvalue weighted by Gasteiger charge is -2.33. The zero-order valence-electron chi connectivity index (χ0n) is 17.7. The molecule has 6 heteroatoms. The van der Waals surface area contributed by atoms with Gasteiger partial charge in [0.05, 0.1) is 16.9 Å². The van der Waals surface area contributed by atoms with Gasteiger partial charge in [-0.2, -0.15) is 5.10 Å². The van der Waals surface area contributed by atoms with Crippen LogP contribution in [0.2, 0.25) is 0 Å². The fraction of sp³-hybridized carbons (Fsp3) is 0.375. The summed E-state index contributed by atoms with van der Waals surface area (Å²) in [5.74, 6) is 0.427. The lowest BCUT2D eigenvalue weighted by molar-refractivity contribution is 0.0930. The average Bonchev–Trinajstić information content (AvgIpc) is 3.11. The molecule has 0 radical (unpaired) electrons. The van der Waals surface area contributed by atoms with E-state index in [4.69, 9.17) is 0 Å². The van der Waals surface area contributed by atoms with Crippen LogP contribution in [-0.2, 0) is 6.54 Å². The molecule has 1 saturated heterocycles. The van der Waals surface area contributed by atoms with Crippen molar-refractivity contribution in [2.75, 3.05) is 19.6 Å². The van der Waals surface area contributed by atoms with Crippen LogP contribution in [0.5, 0.6) is 0 Å². The van der Waals surface area contributed by atoms with E-state index in [-0.39, 0.29) is 5.91 Å². The van der Waals surface area contributed by atoms with Crippen LogP contribution in [0, 0.1) is 19.8 Å². The Morgan fingerprint density at radius 3 is 2.87 bits per heavy atom. The Bertz CT molecular complexity index is 998. The van der Waals surface area contributed by atoms with Crippen LogP contribution in [0.4, 0.5) is 0 Å². The van der Waals surface area contributed by atoms with Crippen molar-refractivity contribution in [3.8, 4) is 5.69 Å². The Hall–Kier alpha value is -2.99. The number of aromatic nitrogens is 3. The van der Waals surface area contributed by atoms with Crippen LogP contribution >= 0.6 is 0 Å². The second-order valence-corrected chi connectivity index (χ2v) is 8.20. The molecule has 30 heavy (non-hydrogen) atoms. The number of hydrogen-bond acceptors (Lipinski definition) is 4. The quantitative estimate of drug-likeness (QED) is 0.684. The summed E-state index contributed by atoms with van der Waals surface area (Å²) in [6.07, 6.45) is 5.60. The van der Waals surface area contributed by atoms with Gasteiger partial charge in [0, 0.05) is 37.7 Å². The van der Waals surface area contributed by atoms with E-state index in [9.17, 15) is 4.79 Å². The van der Waals surface area contributed by atoms with Crippen molar-refractivity contribution in [2.45, 2.75) is 33.2 Å². The maximum absolute atomic E-state index is 12.3. The number of piperidine rings is 1. The first kappa shape index (κ1) is 20.3. The summed E-state index contributed by atoms with van der Waals surface area (Å²) in [7, 11) is 0. The molecule has 1 amide bonds. The molecule has 1 aliphatic heterocycles. The van der Waals surface area contributed by atoms with Crippen LogP contribution in [-0.4, -0.2) is 45.2 Å². The number of likely N-dealkylation sites (tertiary alicyclic amines) is 1. The molecule has 0 unspecified atom stereocenters. The second kappa shape index (κ2) is 9.22. The minimum atomic E-state index is -0.0437. The summed E-state index contributed by atoms with van der Waals surface area (Å²) >= 11 is 0. The van der Waals surface area contributed by atoms with E-state index in [1.54, 1.807) is 24.5 Å². The standard InChI is InChI=1S/C24H29N5O/c1-18-12-19(2)29(27-18)23-9-3-6-20(13-23)16-28-11-5-7-21(17-28)14-26-24(30)22-8-4-10-25-15-22/h3-4,6,8-10,12-13,15,21H,5,7,11,14,16-17H2,1-2H3,(H,26,30)/t21-/m1/s1. The van der Waals surface area contributed by atoms with Gasteiger partial charge >= 0.3 is 0 Å². The van der Waals surface area contributed by atoms with E-state index < -0.39 is 0 Å². The first-order valence-corrected chi connectivity index (χ1v) is 10.6. The third-order valence-corrected chi connectivity index (χ3v) is 5.65. The van der Waals surface area contributed by atoms with Gasteiger partial charge in [-0.25, -0.2) is 4.68 Å². The largest absolute Gasteiger partial charge is 0.352 e. The molecule has 4 rings (SSSR count). The van der Waals surface area contributed by atoms with Crippen molar-refractivity contribution >= 4 is 5.91 Å². The zero-order chi connectivity index (χ0) is 20.9. The number of carbonyl (C=O) groups excluding carboxylic acids is 1. The van der Waals surface area contributed by atoms with Gasteiger partial charge in [0.25, 0.3) is 5.91 Å². The first-order chi connectivity index (χ1) is 14.6. The molecule has 1 aliphatic rings. The number of carbonyl (C=O) groups is 1. The Balaban J connectivity index is 1.34. The van der Waals surface area contributed by atoms with E-state index in [2.05, 4.69) is 57.6 Å². The van der Waals surface area contributed by atoms with Gasteiger partial charge in [-0.05, 0) is 75.0 Å². The Kier molecular flexibility index (Phi) is 6.23. The van der Waals surface area contributed by atoms with Crippen molar-refractivity contribution in [1.82, 2.24) is 25.0 Å². The molecule has 156 valence electrons.